The quantitative estimate of drug-likeness (QED) is 0.610. The molecule has 0 bridgehead atoms. The minimum atomic E-state index is -0.00369. The van der Waals surface area contributed by atoms with E-state index in [2.05, 4.69) is 34.5 Å². The van der Waals surface area contributed by atoms with E-state index in [0.717, 1.165) is 27.8 Å². The van der Waals surface area contributed by atoms with Crippen LogP contribution in [-0.2, 0) is 6.54 Å². The summed E-state index contributed by atoms with van der Waals surface area (Å²) < 4.78 is 10.8. The zero-order chi connectivity index (χ0) is 18.4. The molecular weight excluding hydrogens is 336 g/mol. The van der Waals surface area contributed by atoms with Crippen molar-refractivity contribution in [3.8, 4) is 11.5 Å². The van der Waals surface area contributed by atoms with Gasteiger partial charge in [-0.15, -0.1) is 11.3 Å². The average molecular weight is 362 g/mol. The lowest BCUT2D eigenvalue weighted by Gasteiger charge is -2.20. The normalized spacial score (nSPS) is 12.6. The number of methoxy groups -OCH3 is 2. The van der Waals surface area contributed by atoms with Gasteiger partial charge in [0.2, 0.25) is 0 Å². The highest BCUT2D eigenvalue weighted by Gasteiger charge is 2.14. The first kappa shape index (κ1) is 19.1. The highest BCUT2D eigenvalue weighted by Crippen LogP contribution is 2.29. The molecule has 0 fully saturated rings. The molecule has 0 radical (unpaired) electrons. The number of rotatable bonds is 6. The number of nitrogens with one attached hydrogen (secondary N) is 2. The second-order valence-corrected chi connectivity index (χ2v) is 6.94. The molecule has 0 aliphatic carbocycles. The first-order valence-electron chi connectivity index (χ1n) is 8.10. The maximum Gasteiger partial charge on any atom is 0.191 e. The van der Waals surface area contributed by atoms with Crippen LogP contribution in [0.2, 0.25) is 0 Å². The molecule has 1 atom stereocenters. The molecule has 2 rings (SSSR count). The van der Waals surface area contributed by atoms with Crippen molar-refractivity contribution in [1.82, 2.24) is 15.6 Å². The van der Waals surface area contributed by atoms with E-state index >= 15 is 0 Å². The fraction of sp³-hybridized carbons (Fsp3) is 0.444. The Kier molecular flexibility index (Phi) is 6.64. The van der Waals surface area contributed by atoms with Gasteiger partial charge in [0.1, 0.15) is 16.5 Å². The molecule has 1 aromatic heterocycles. The van der Waals surface area contributed by atoms with E-state index in [1.165, 1.54) is 4.88 Å². The van der Waals surface area contributed by atoms with Crippen molar-refractivity contribution in [2.45, 2.75) is 33.4 Å². The average Bonchev–Trinajstić information content (AvgIpc) is 2.95. The molecule has 25 heavy (non-hydrogen) atoms. The molecule has 2 aromatic rings. The zero-order valence-electron chi connectivity index (χ0n) is 15.6. The minimum absolute atomic E-state index is 0.00369. The predicted molar refractivity (Wildman–Crippen MR) is 103 cm³/mol. The Hall–Kier alpha value is -2.28. The monoisotopic (exact) mass is 362 g/mol. The smallest absolute Gasteiger partial charge is 0.191 e. The topological polar surface area (TPSA) is 67.8 Å². The van der Waals surface area contributed by atoms with Crippen molar-refractivity contribution in [1.29, 1.82) is 0 Å². The van der Waals surface area contributed by atoms with Crippen LogP contribution in [-0.4, -0.2) is 32.2 Å². The first-order valence-corrected chi connectivity index (χ1v) is 8.92. The summed E-state index contributed by atoms with van der Waals surface area (Å²) in [6.07, 6.45) is 0. The summed E-state index contributed by atoms with van der Waals surface area (Å²) in [7, 11) is 5.07. The van der Waals surface area contributed by atoms with Crippen molar-refractivity contribution in [2.24, 2.45) is 4.99 Å². The summed E-state index contributed by atoms with van der Waals surface area (Å²) in [5.74, 6) is 2.31. The number of ether oxygens (including phenoxy) is 2. The summed E-state index contributed by atoms with van der Waals surface area (Å²) in [4.78, 5) is 10.1. The Labute approximate surface area is 153 Å². The molecule has 0 spiro atoms. The molecular formula is C18H26N4O2S. The Bertz CT molecular complexity index is 723. The molecule has 1 unspecified atom stereocenters. The summed E-state index contributed by atoms with van der Waals surface area (Å²) in [5.41, 5.74) is 2.09. The van der Waals surface area contributed by atoms with Crippen LogP contribution in [0.25, 0.3) is 0 Å². The standard InChI is InChI=1S/C18H26N4O2S/c1-11-13(3)25-17(21-11)10-20-18(19-4)22-12(2)15-9-14(23-5)7-8-16(15)24-6/h7-9,12H,10H2,1-6H3,(H2,19,20,22). The number of hydrogen-bond donors (Lipinski definition) is 2. The second-order valence-electron chi connectivity index (χ2n) is 5.65. The number of aryl methyl sites for hydroxylation is 2. The van der Waals surface area contributed by atoms with E-state index < -0.39 is 0 Å². The van der Waals surface area contributed by atoms with Crippen LogP contribution in [0.4, 0.5) is 0 Å². The van der Waals surface area contributed by atoms with Gasteiger partial charge in [0.05, 0.1) is 32.5 Å². The van der Waals surface area contributed by atoms with Crippen LogP contribution in [0, 0.1) is 13.8 Å². The van der Waals surface area contributed by atoms with Crippen molar-refractivity contribution >= 4 is 17.3 Å². The van der Waals surface area contributed by atoms with Crippen molar-refractivity contribution in [3.63, 3.8) is 0 Å². The third kappa shape index (κ3) is 4.85. The molecule has 136 valence electrons. The third-order valence-electron chi connectivity index (χ3n) is 3.96. The summed E-state index contributed by atoms with van der Waals surface area (Å²) >= 11 is 1.70. The second kappa shape index (κ2) is 8.71. The van der Waals surface area contributed by atoms with Crippen LogP contribution < -0.4 is 20.1 Å². The molecule has 7 heteroatoms. The van der Waals surface area contributed by atoms with Gasteiger partial charge in [-0.3, -0.25) is 4.99 Å². The predicted octanol–water partition coefficient (Wildman–Crippen LogP) is 3.20. The van der Waals surface area contributed by atoms with Gasteiger partial charge in [0, 0.05) is 17.5 Å². The lowest BCUT2D eigenvalue weighted by atomic mass is 10.1. The van der Waals surface area contributed by atoms with Gasteiger partial charge in [0.15, 0.2) is 5.96 Å². The number of guanidine groups is 1. The lowest BCUT2D eigenvalue weighted by molar-refractivity contribution is 0.394. The number of aromatic nitrogens is 1. The van der Waals surface area contributed by atoms with Crippen LogP contribution in [0.15, 0.2) is 23.2 Å². The molecule has 1 aromatic carbocycles. The van der Waals surface area contributed by atoms with Gasteiger partial charge in [-0.05, 0) is 39.0 Å². The Morgan fingerprint density at radius 1 is 1.28 bits per heavy atom. The molecule has 0 amide bonds. The molecule has 1 heterocycles. The Morgan fingerprint density at radius 3 is 2.60 bits per heavy atom. The fourth-order valence-corrected chi connectivity index (χ4v) is 3.30. The Balaban J connectivity index is 2.05. The van der Waals surface area contributed by atoms with Gasteiger partial charge in [-0.25, -0.2) is 4.98 Å². The van der Waals surface area contributed by atoms with E-state index in [4.69, 9.17) is 9.47 Å². The number of benzene rings is 1. The van der Waals surface area contributed by atoms with Gasteiger partial charge in [-0.1, -0.05) is 0 Å². The van der Waals surface area contributed by atoms with Crippen LogP contribution in [0.5, 0.6) is 11.5 Å². The van der Waals surface area contributed by atoms with Gasteiger partial charge in [0.25, 0.3) is 0 Å². The largest absolute Gasteiger partial charge is 0.497 e. The lowest BCUT2D eigenvalue weighted by Crippen LogP contribution is -2.38. The number of aliphatic imine (C=N–C) groups is 1. The molecule has 2 N–H and O–H groups in total. The van der Waals surface area contributed by atoms with E-state index in [-0.39, 0.29) is 6.04 Å². The van der Waals surface area contributed by atoms with Crippen LogP contribution in [0.3, 0.4) is 0 Å². The van der Waals surface area contributed by atoms with Crippen molar-refractivity contribution in [3.05, 3.63) is 39.3 Å². The molecule has 0 saturated heterocycles. The zero-order valence-corrected chi connectivity index (χ0v) is 16.5. The SMILES string of the molecule is CN=C(NCc1nc(C)c(C)s1)NC(C)c1cc(OC)ccc1OC. The maximum atomic E-state index is 5.46. The summed E-state index contributed by atoms with van der Waals surface area (Å²) in [6, 6.07) is 5.76. The Morgan fingerprint density at radius 2 is 2.04 bits per heavy atom. The van der Waals surface area contributed by atoms with E-state index in [0.29, 0.717) is 12.5 Å². The van der Waals surface area contributed by atoms with Crippen LogP contribution >= 0.6 is 11.3 Å². The third-order valence-corrected chi connectivity index (χ3v) is 5.03. The molecule has 0 aliphatic rings. The first-order chi connectivity index (χ1) is 12.0. The number of thiazole rings is 1. The van der Waals surface area contributed by atoms with E-state index in [9.17, 15) is 0 Å². The van der Waals surface area contributed by atoms with Gasteiger partial charge < -0.3 is 20.1 Å². The highest BCUT2D eigenvalue weighted by molar-refractivity contribution is 7.11. The number of hydrogen-bond acceptors (Lipinski definition) is 5. The van der Waals surface area contributed by atoms with Gasteiger partial charge in [-0.2, -0.15) is 0 Å². The minimum Gasteiger partial charge on any atom is -0.497 e. The highest BCUT2D eigenvalue weighted by atomic mass is 32.1. The fourth-order valence-electron chi connectivity index (χ4n) is 2.43. The van der Waals surface area contributed by atoms with Crippen molar-refractivity contribution < 1.29 is 9.47 Å². The van der Waals surface area contributed by atoms with E-state index in [1.807, 2.05) is 25.1 Å². The van der Waals surface area contributed by atoms with Crippen molar-refractivity contribution in [2.75, 3.05) is 21.3 Å². The molecule has 0 saturated carbocycles. The van der Waals surface area contributed by atoms with Gasteiger partial charge >= 0.3 is 0 Å². The maximum absolute atomic E-state index is 5.46. The number of nitrogens with zero attached hydrogens (tertiary/aromatic N) is 2. The summed E-state index contributed by atoms with van der Waals surface area (Å²) in [5, 5.41) is 7.73. The van der Waals surface area contributed by atoms with E-state index in [1.54, 1.807) is 32.6 Å². The molecule has 0 aliphatic heterocycles. The molecule has 6 nitrogen and oxygen atoms in total. The summed E-state index contributed by atoms with van der Waals surface area (Å²) in [6.45, 7) is 6.81. The van der Waals surface area contributed by atoms with Crippen LogP contribution in [0.1, 0.15) is 34.1 Å².